The molecule has 6 nitrogen and oxygen atoms in total. The minimum Gasteiger partial charge on any atom is -0.481 e. The van der Waals surface area contributed by atoms with Crippen molar-refractivity contribution in [3.8, 4) is 0 Å². The number of aldehydes is 1. The normalized spacial score (nSPS) is 22.4. The highest BCUT2D eigenvalue weighted by molar-refractivity contribution is 6.34. The second-order valence-electron chi connectivity index (χ2n) is 9.27. The van der Waals surface area contributed by atoms with Gasteiger partial charge in [0.1, 0.15) is 12.1 Å². The molecule has 33 heavy (non-hydrogen) atoms. The van der Waals surface area contributed by atoms with Crippen molar-refractivity contribution in [2.75, 3.05) is 0 Å². The predicted octanol–water partition coefficient (Wildman–Crippen LogP) is 4.81. The summed E-state index contributed by atoms with van der Waals surface area (Å²) in [6.45, 7) is 0. The molecule has 0 saturated heterocycles. The minimum absolute atomic E-state index is 0.146. The topological polar surface area (TPSA) is 89.3 Å². The molecule has 3 aliphatic carbocycles. The summed E-state index contributed by atoms with van der Waals surface area (Å²) in [5, 5.41) is 13.8. The van der Waals surface area contributed by atoms with Crippen molar-refractivity contribution >= 4 is 35.3 Å². The number of benzene rings is 1. The zero-order valence-electron chi connectivity index (χ0n) is 18.0. The standard InChI is InChI=1S/C25H24ClFN2O4/c26-22-19(27)10-9-17(14-2-3-14)21(22)24(31)29-20-11-13(12-30)1-8-18(20)23(28-29)15-4-6-16(7-5-15)25(32)33/h4,9-10,12-14,16H,1-3,5-8,11H2,(H,32,33). The largest absolute Gasteiger partial charge is 0.481 e. The average Bonchev–Trinajstić information content (AvgIpc) is 3.60. The van der Waals surface area contributed by atoms with E-state index in [4.69, 9.17) is 11.6 Å². The summed E-state index contributed by atoms with van der Waals surface area (Å²) in [5.41, 5.74) is 4.08. The van der Waals surface area contributed by atoms with Crippen molar-refractivity contribution in [2.24, 2.45) is 11.8 Å². The third kappa shape index (κ3) is 3.92. The highest BCUT2D eigenvalue weighted by atomic mass is 35.5. The molecule has 1 saturated carbocycles. The molecule has 2 unspecified atom stereocenters. The van der Waals surface area contributed by atoms with E-state index in [9.17, 15) is 23.9 Å². The van der Waals surface area contributed by atoms with Gasteiger partial charge in [0.25, 0.3) is 5.91 Å². The summed E-state index contributed by atoms with van der Waals surface area (Å²) in [4.78, 5) is 36.6. The lowest BCUT2D eigenvalue weighted by Gasteiger charge is -2.21. The second-order valence-corrected chi connectivity index (χ2v) is 9.65. The van der Waals surface area contributed by atoms with E-state index in [1.807, 2.05) is 6.08 Å². The average molecular weight is 471 g/mol. The lowest BCUT2D eigenvalue weighted by Crippen LogP contribution is -2.23. The fraction of sp³-hybridized carbons (Fsp3) is 0.440. The van der Waals surface area contributed by atoms with E-state index >= 15 is 0 Å². The zero-order valence-corrected chi connectivity index (χ0v) is 18.8. The van der Waals surface area contributed by atoms with E-state index in [-0.39, 0.29) is 22.4 Å². The maximum Gasteiger partial charge on any atom is 0.306 e. The first-order valence-electron chi connectivity index (χ1n) is 11.4. The Morgan fingerprint density at radius 1 is 1.18 bits per heavy atom. The molecule has 2 atom stereocenters. The molecule has 0 bridgehead atoms. The molecule has 1 fully saturated rings. The summed E-state index contributed by atoms with van der Waals surface area (Å²) in [6.07, 6.45) is 7.80. The van der Waals surface area contributed by atoms with Gasteiger partial charge in [-0.3, -0.25) is 9.59 Å². The van der Waals surface area contributed by atoms with Gasteiger partial charge in [0, 0.05) is 11.5 Å². The third-order valence-electron chi connectivity index (χ3n) is 7.12. The van der Waals surface area contributed by atoms with Crippen LogP contribution in [0, 0.1) is 17.7 Å². The van der Waals surface area contributed by atoms with Gasteiger partial charge in [0.15, 0.2) is 0 Å². The van der Waals surface area contributed by atoms with Gasteiger partial charge in [-0.2, -0.15) is 9.78 Å². The van der Waals surface area contributed by atoms with Crippen LogP contribution in [0.2, 0.25) is 5.02 Å². The van der Waals surface area contributed by atoms with Gasteiger partial charge >= 0.3 is 5.97 Å². The van der Waals surface area contributed by atoms with Crippen molar-refractivity contribution in [3.05, 3.63) is 57.1 Å². The Morgan fingerprint density at radius 3 is 2.61 bits per heavy atom. The van der Waals surface area contributed by atoms with Crippen molar-refractivity contribution in [2.45, 2.75) is 57.3 Å². The molecule has 1 aromatic carbocycles. The molecule has 172 valence electrons. The number of halogens is 2. The van der Waals surface area contributed by atoms with Crippen LogP contribution in [0.4, 0.5) is 4.39 Å². The van der Waals surface area contributed by atoms with E-state index < -0.39 is 23.6 Å². The van der Waals surface area contributed by atoms with Gasteiger partial charge in [-0.1, -0.05) is 23.7 Å². The van der Waals surface area contributed by atoms with Gasteiger partial charge in [-0.25, -0.2) is 4.39 Å². The molecule has 2 aromatic rings. The Kier molecular flexibility index (Phi) is 5.69. The molecular weight excluding hydrogens is 447 g/mol. The van der Waals surface area contributed by atoms with E-state index in [0.717, 1.165) is 35.8 Å². The number of rotatable bonds is 5. The van der Waals surface area contributed by atoms with Gasteiger partial charge in [0.2, 0.25) is 0 Å². The number of carboxylic acids is 1. The number of aromatic nitrogens is 2. The summed E-state index contributed by atoms with van der Waals surface area (Å²) in [7, 11) is 0. The molecule has 1 heterocycles. The molecule has 0 spiro atoms. The summed E-state index contributed by atoms with van der Waals surface area (Å²) >= 11 is 6.30. The van der Waals surface area contributed by atoms with Crippen LogP contribution in [-0.2, 0) is 22.4 Å². The zero-order chi connectivity index (χ0) is 23.3. The van der Waals surface area contributed by atoms with Gasteiger partial charge in [0.05, 0.1) is 27.9 Å². The fourth-order valence-electron chi connectivity index (χ4n) is 5.08. The van der Waals surface area contributed by atoms with Gasteiger partial charge < -0.3 is 9.90 Å². The van der Waals surface area contributed by atoms with E-state index in [2.05, 4.69) is 5.10 Å². The molecule has 8 heteroatoms. The fourth-order valence-corrected chi connectivity index (χ4v) is 5.33. The summed E-state index contributed by atoms with van der Waals surface area (Å²) < 4.78 is 15.7. The van der Waals surface area contributed by atoms with Crippen LogP contribution in [0.1, 0.15) is 77.3 Å². The maximum atomic E-state index is 14.4. The Bertz CT molecular complexity index is 1200. The molecule has 0 amide bonds. The number of hydrogen-bond donors (Lipinski definition) is 1. The quantitative estimate of drug-likeness (QED) is 0.633. The third-order valence-corrected chi connectivity index (χ3v) is 7.49. The number of aliphatic carboxylic acids is 1. The number of carbonyl (C=O) groups excluding carboxylic acids is 2. The van der Waals surface area contributed by atoms with Crippen LogP contribution in [0.3, 0.4) is 0 Å². The number of carboxylic acid groups (broad SMARTS) is 1. The van der Waals surface area contributed by atoms with Crippen molar-refractivity contribution in [1.29, 1.82) is 0 Å². The lowest BCUT2D eigenvalue weighted by molar-refractivity contribution is -0.141. The Morgan fingerprint density at radius 2 is 1.97 bits per heavy atom. The van der Waals surface area contributed by atoms with Crippen LogP contribution >= 0.6 is 11.6 Å². The molecule has 0 radical (unpaired) electrons. The molecule has 3 aliphatic rings. The molecule has 0 aliphatic heterocycles. The number of fused-ring (bicyclic) bond motifs is 1. The summed E-state index contributed by atoms with van der Waals surface area (Å²) in [6, 6.07) is 2.93. The summed E-state index contributed by atoms with van der Waals surface area (Å²) in [5.74, 6) is -2.38. The maximum absolute atomic E-state index is 14.4. The second kappa shape index (κ2) is 8.52. The monoisotopic (exact) mass is 470 g/mol. The van der Waals surface area contributed by atoms with E-state index in [1.165, 1.54) is 10.7 Å². The van der Waals surface area contributed by atoms with Crippen molar-refractivity contribution < 1.29 is 23.9 Å². The van der Waals surface area contributed by atoms with Crippen LogP contribution in [-0.4, -0.2) is 33.0 Å². The van der Waals surface area contributed by atoms with Crippen molar-refractivity contribution in [1.82, 2.24) is 9.78 Å². The first-order valence-corrected chi connectivity index (χ1v) is 11.8. The molecule has 5 rings (SSSR count). The first kappa shape index (κ1) is 22.0. The van der Waals surface area contributed by atoms with Crippen LogP contribution in [0.15, 0.2) is 18.2 Å². The van der Waals surface area contributed by atoms with Gasteiger partial charge in [-0.05, 0) is 74.5 Å². The Balaban J connectivity index is 1.60. The highest BCUT2D eigenvalue weighted by Crippen LogP contribution is 2.44. The number of nitrogens with zero attached hydrogens (tertiary/aromatic N) is 2. The smallest absolute Gasteiger partial charge is 0.306 e. The van der Waals surface area contributed by atoms with Crippen molar-refractivity contribution in [3.63, 3.8) is 0 Å². The lowest BCUT2D eigenvalue weighted by atomic mass is 9.83. The number of allylic oxidation sites excluding steroid dienone is 2. The predicted molar refractivity (Wildman–Crippen MR) is 120 cm³/mol. The molecular formula is C25H24ClFN2O4. The van der Waals surface area contributed by atoms with Crippen LogP contribution < -0.4 is 0 Å². The number of carbonyl (C=O) groups is 3. The SMILES string of the molecule is O=CC1CCc2c(C3=CCC(C(=O)O)CC3)nn(C(=O)c3c(C4CC4)ccc(F)c3Cl)c2C1. The number of hydrogen-bond acceptors (Lipinski definition) is 4. The van der Waals surface area contributed by atoms with Gasteiger partial charge in [-0.15, -0.1) is 0 Å². The Labute approximate surface area is 195 Å². The van der Waals surface area contributed by atoms with Crippen LogP contribution in [0.5, 0.6) is 0 Å². The van der Waals surface area contributed by atoms with E-state index in [0.29, 0.717) is 49.9 Å². The first-order chi connectivity index (χ1) is 15.9. The molecule has 1 aromatic heterocycles. The molecule has 1 N–H and O–H groups in total. The Hall–Kier alpha value is -2.80. The highest BCUT2D eigenvalue weighted by Gasteiger charge is 2.35. The van der Waals surface area contributed by atoms with E-state index in [1.54, 1.807) is 6.07 Å². The van der Waals surface area contributed by atoms with Crippen LogP contribution in [0.25, 0.3) is 5.57 Å². The minimum atomic E-state index is -0.810.